The van der Waals surface area contributed by atoms with Crippen LogP contribution in [0.1, 0.15) is 44.4 Å². The van der Waals surface area contributed by atoms with Crippen molar-refractivity contribution >= 4 is 15.8 Å². The number of nitrogens with zero attached hydrogens (tertiary/aromatic N) is 2. The van der Waals surface area contributed by atoms with Crippen molar-refractivity contribution in [3.8, 4) is 11.8 Å². The van der Waals surface area contributed by atoms with Crippen LogP contribution in [-0.2, 0) is 14.8 Å². The zero-order chi connectivity index (χ0) is 19.2. The Labute approximate surface area is 152 Å². The van der Waals surface area contributed by atoms with E-state index in [0.29, 0.717) is 37.9 Å². The highest BCUT2D eigenvalue weighted by Crippen LogP contribution is 2.27. The molecule has 26 heavy (non-hydrogen) atoms. The summed E-state index contributed by atoms with van der Waals surface area (Å²) in [5, 5.41) is 8.68. The van der Waals surface area contributed by atoms with E-state index >= 15 is 0 Å². The molecule has 1 aliphatic carbocycles. The van der Waals surface area contributed by atoms with Crippen LogP contribution in [0.3, 0.4) is 0 Å². The monoisotopic (exact) mass is 384 g/mol. The number of anilines is 1. The summed E-state index contributed by atoms with van der Waals surface area (Å²) in [7, 11) is -3.30. The van der Waals surface area contributed by atoms with Crippen molar-refractivity contribution in [3.05, 3.63) is 22.2 Å². The van der Waals surface area contributed by atoms with Gasteiger partial charge in [-0.15, -0.1) is 0 Å². The summed E-state index contributed by atoms with van der Waals surface area (Å²) in [6.07, 6.45) is 3.12. The molecule has 144 valence electrons. The molecule has 0 amide bonds. The van der Waals surface area contributed by atoms with Crippen molar-refractivity contribution in [1.29, 1.82) is 0 Å². The molecule has 0 bridgehead atoms. The van der Waals surface area contributed by atoms with Crippen LogP contribution in [0.25, 0.3) is 0 Å². The Kier molecular flexibility index (Phi) is 7.16. The SMILES string of the molecule is CCOC(CCCO)n1cc(C#CCNS(=O)(=O)C2CC2)c(N)nc1=O. The average molecular weight is 384 g/mol. The summed E-state index contributed by atoms with van der Waals surface area (Å²) in [6.45, 7) is 2.12. The molecule has 1 aliphatic rings. The lowest BCUT2D eigenvalue weighted by atomic mass is 10.2. The molecule has 0 saturated heterocycles. The topological polar surface area (TPSA) is 137 Å². The largest absolute Gasteiger partial charge is 0.396 e. The summed E-state index contributed by atoms with van der Waals surface area (Å²) in [4.78, 5) is 15.9. The third-order valence-electron chi connectivity index (χ3n) is 3.81. The van der Waals surface area contributed by atoms with Gasteiger partial charge in [-0.25, -0.2) is 17.9 Å². The van der Waals surface area contributed by atoms with Crippen molar-refractivity contribution in [2.24, 2.45) is 0 Å². The minimum atomic E-state index is -3.30. The zero-order valence-corrected chi connectivity index (χ0v) is 15.5. The maximum absolute atomic E-state index is 12.1. The first-order valence-corrected chi connectivity index (χ1v) is 10.0. The number of nitrogen functional groups attached to an aromatic ring is 1. The predicted molar refractivity (Wildman–Crippen MR) is 96.7 cm³/mol. The summed E-state index contributed by atoms with van der Waals surface area (Å²) in [6, 6.07) is 0. The van der Waals surface area contributed by atoms with E-state index in [-0.39, 0.29) is 24.2 Å². The fourth-order valence-corrected chi connectivity index (χ4v) is 3.58. The van der Waals surface area contributed by atoms with E-state index in [9.17, 15) is 13.2 Å². The molecule has 1 unspecified atom stereocenters. The second-order valence-electron chi connectivity index (χ2n) is 5.87. The third-order valence-corrected chi connectivity index (χ3v) is 5.70. The average Bonchev–Trinajstić information content (AvgIpc) is 3.43. The Morgan fingerprint density at radius 3 is 2.88 bits per heavy atom. The molecule has 10 heteroatoms. The van der Waals surface area contributed by atoms with Crippen LogP contribution >= 0.6 is 0 Å². The van der Waals surface area contributed by atoms with Crippen LogP contribution in [0.5, 0.6) is 0 Å². The van der Waals surface area contributed by atoms with Gasteiger partial charge in [0.15, 0.2) is 0 Å². The van der Waals surface area contributed by atoms with E-state index in [1.807, 2.05) is 0 Å². The van der Waals surface area contributed by atoms with Crippen molar-refractivity contribution in [2.45, 2.75) is 44.1 Å². The highest BCUT2D eigenvalue weighted by Gasteiger charge is 2.35. The van der Waals surface area contributed by atoms with E-state index in [0.717, 1.165) is 0 Å². The molecule has 4 N–H and O–H groups in total. The Morgan fingerprint density at radius 1 is 1.54 bits per heavy atom. The lowest BCUT2D eigenvalue weighted by Gasteiger charge is -2.19. The van der Waals surface area contributed by atoms with Crippen molar-refractivity contribution in [2.75, 3.05) is 25.5 Å². The highest BCUT2D eigenvalue weighted by molar-refractivity contribution is 7.90. The number of rotatable bonds is 9. The van der Waals surface area contributed by atoms with Crippen LogP contribution in [-0.4, -0.2) is 48.1 Å². The molecule has 1 saturated carbocycles. The van der Waals surface area contributed by atoms with Crippen molar-refractivity contribution < 1.29 is 18.3 Å². The number of aliphatic hydroxyl groups is 1. The molecule has 1 aromatic rings. The minimum absolute atomic E-state index is 0.0193. The normalized spacial score (nSPS) is 15.3. The van der Waals surface area contributed by atoms with Gasteiger partial charge < -0.3 is 15.6 Å². The van der Waals surface area contributed by atoms with E-state index in [4.69, 9.17) is 15.6 Å². The molecular formula is C16H24N4O5S. The molecule has 1 fully saturated rings. The van der Waals surface area contributed by atoms with Gasteiger partial charge in [0.05, 0.1) is 17.4 Å². The second kappa shape index (κ2) is 9.14. The molecule has 9 nitrogen and oxygen atoms in total. The third kappa shape index (κ3) is 5.54. The molecule has 0 spiro atoms. The number of hydrogen-bond donors (Lipinski definition) is 3. The number of nitrogens with two attached hydrogens (primary N) is 1. The molecule has 1 atom stereocenters. The molecule has 0 aromatic carbocycles. The number of nitrogens with one attached hydrogen (secondary N) is 1. The number of ether oxygens (including phenoxy) is 1. The minimum Gasteiger partial charge on any atom is -0.396 e. The maximum atomic E-state index is 12.1. The summed E-state index contributed by atoms with van der Waals surface area (Å²) < 4.78 is 32.7. The van der Waals surface area contributed by atoms with E-state index < -0.39 is 21.9 Å². The lowest BCUT2D eigenvalue weighted by Crippen LogP contribution is -2.30. The fraction of sp³-hybridized carbons (Fsp3) is 0.625. The first-order chi connectivity index (χ1) is 12.4. The Morgan fingerprint density at radius 2 is 2.27 bits per heavy atom. The lowest BCUT2D eigenvalue weighted by molar-refractivity contribution is -0.00323. The first-order valence-electron chi connectivity index (χ1n) is 8.47. The van der Waals surface area contributed by atoms with Gasteiger partial charge >= 0.3 is 5.69 Å². The number of hydrogen-bond acceptors (Lipinski definition) is 7. The predicted octanol–water partition coefficient (Wildman–Crippen LogP) is -0.434. The smallest absolute Gasteiger partial charge is 0.351 e. The van der Waals surface area contributed by atoms with Gasteiger partial charge in [-0.3, -0.25) is 4.57 Å². The Hall–Kier alpha value is -1.93. The van der Waals surface area contributed by atoms with Crippen LogP contribution in [0.4, 0.5) is 5.82 Å². The zero-order valence-electron chi connectivity index (χ0n) is 14.6. The Balaban J connectivity index is 2.16. The van der Waals surface area contributed by atoms with Crippen LogP contribution in [0.15, 0.2) is 11.0 Å². The highest BCUT2D eigenvalue weighted by atomic mass is 32.2. The van der Waals surface area contributed by atoms with E-state index in [1.165, 1.54) is 10.8 Å². The fourth-order valence-electron chi connectivity index (χ4n) is 2.32. The number of aliphatic hydroxyl groups excluding tert-OH is 1. The van der Waals surface area contributed by atoms with Crippen LogP contribution < -0.4 is 16.1 Å². The van der Waals surface area contributed by atoms with Gasteiger partial charge in [0, 0.05) is 19.4 Å². The van der Waals surface area contributed by atoms with Gasteiger partial charge in [0.1, 0.15) is 12.0 Å². The first kappa shape index (κ1) is 20.4. The van der Waals surface area contributed by atoms with E-state index in [1.54, 1.807) is 6.92 Å². The van der Waals surface area contributed by atoms with Gasteiger partial charge in [-0.05, 0) is 32.6 Å². The van der Waals surface area contributed by atoms with Gasteiger partial charge in [-0.1, -0.05) is 11.8 Å². The molecular weight excluding hydrogens is 360 g/mol. The quantitative estimate of drug-likeness (QED) is 0.491. The van der Waals surface area contributed by atoms with Gasteiger partial charge in [-0.2, -0.15) is 4.98 Å². The van der Waals surface area contributed by atoms with Crippen LogP contribution in [0.2, 0.25) is 0 Å². The van der Waals surface area contributed by atoms with Gasteiger partial charge in [0.2, 0.25) is 10.0 Å². The molecule has 2 rings (SSSR count). The molecule has 0 aliphatic heterocycles. The van der Waals surface area contributed by atoms with Crippen LogP contribution in [0, 0.1) is 11.8 Å². The summed E-state index contributed by atoms with van der Waals surface area (Å²) >= 11 is 0. The summed E-state index contributed by atoms with van der Waals surface area (Å²) in [5.41, 5.74) is 5.48. The molecule has 1 heterocycles. The van der Waals surface area contributed by atoms with Crippen molar-refractivity contribution in [1.82, 2.24) is 14.3 Å². The van der Waals surface area contributed by atoms with Gasteiger partial charge in [0.25, 0.3) is 0 Å². The van der Waals surface area contributed by atoms with Crippen molar-refractivity contribution in [3.63, 3.8) is 0 Å². The molecule has 1 aromatic heterocycles. The maximum Gasteiger partial charge on any atom is 0.351 e. The Bertz CT molecular complexity index is 836. The van der Waals surface area contributed by atoms with E-state index in [2.05, 4.69) is 21.5 Å². The second-order valence-corrected chi connectivity index (χ2v) is 7.92. The molecule has 0 radical (unpaired) electrons. The summed E-state index contributed by atoms with van der Waals surface area (Å²) in [5.74, 6) is 5.40. The number of aromatic nitrogens is 2. The standard InChI is InChI=1S/C16H24N4O5S/c1-2-25-14(6-4-10-21)20-11-12(15(17)19-16(20)22)5-3-9-18-26(23,24)13-7-8-13/h11,13-14,18,21H,2,4,6-10H2,1H3,(H2,17,19,22). The number of sulfonamides is 1.